The number of phosphoric acid groups is 1. The van der Waals surface area contributed by atoms with E-state index in [9.17, 15) is 4.57 Å². The summed E-state index contributed by atoms with van der Waals surface area (Å²) in [7, 11) is -4.41. The third-order valence-corrected chi connectivity index (χ3v) is 7.66. The van der Waals surface area contributed by atoms with Crippen LogP contribution in [0.15, 0.2) is 34.7 Å². The number of fused-ring (bicyclic) bond motifs is 3. The molecule has 0 aliphatic carbocycles. The largest absolute Gasteiger partial charge is 0.469 e. The summed E-state index contributed by atoms with van der Waals surface area (Å²) in [5.41, 5.74) is 8.14. The van der Waals surface area contributed by atoms with Gasteiger partial charge in [0.15, 0.2) is 4.34 Å². The highest BCUT2D eigenvalue weighted by Crippen LogP contribution is 2.37. The summed E-state index contributed by atoms with van der Waals surface area (Å²) in [6.07, 6.45) is 3.64. The van der Waals surface area contributed by atoms with Gasteiger partial charge in [0.2, 0.25) is 0 Å². The summed E-state index contributed by atoms with van der Waals surface area (Å²) in [6, 6.07) is 10.6. The molecule has 0 saturated carbocycles. The molecule has 9 heteroatoms. The van der Waals surface area contributed by atoms with E-state index in [2.05, 4.69) is 41.8 Å². The van der Waals surface area contributed by atoms with Crippen LogP contribution in [0.1, 0.15) is 44.1 Å². The molecule has 0 spiro atoms. The number of nitrogens with zero attached hydrogens (tertiary/aromatic N) is 1. The van der Waals surface area contributed by atoms with Crippen LogP contribution in [0, 0.1) is 0 Å². The average molecular weight is 455 g/mol. The van der Waals surface area contributed by atoms with Gasteiger partial charge in [-0.25, -0.2) is 9.55 Å². The zero-order valence-electron chi connectivity index (χ0n) is 16.4. The van der Waals surface area contributed by atoms with Gasteiger partial charge in [0.25, 0.3) is 0 Å². The minimum Gasteiger partial charge on any atom is -0.330 e. The van der Waals surface area contributed by atoms with Gasteiger partial charge in [0.1, 0.15) is 0 Å². The third kappa shape index (κ3) is 6.25. The molecule has 0 saturated heterocycles. The molecule has 1 aromatic heterocycles. The molecule has 0 amide bonds. The molecule has 0 aliphatic rings. The number of aromatic nitrogens is 1. The van der Waals surface area contributed by atoms with E-state index in [0.29, 0.717) is 19.4 Å². The Morgan fingerprint density at radius 1 is 1.28 bits per heavy atom. The van der Waals surface area contributed by atoms with E-state index in [0.717, 1.165) is 26.6 Å². The predicted molar refractivity (Wildman–Crippen MR) is 122 cm³/mol. The van der Waals surface area contributed by atoms with Crippen LogP contribution in [-0.2, 0) is 9.09 Å². The van der Waals surface area contributed by atoms with Crippen molar-refractivity contribution < 1.29 is 18.9 Å². The lowest BCUT2D eigenvalue weighted by Gasteiger charge is -2.16. The van der Waals surface area contributed by atoms with E-state index in [4.69, 9.17) is 20.5 Å². The Bertz CT molecular complexity index is 1000. The number of phosphoric ester groups is 1. The molecule has 3 aromatic rings. The monoisotopic (exact) mass is 454 g/mol. The lowest BCUT2D eigenvalue weighted by Crippen LogP contribution is -2.13. The molecular weight excluding hydrogens is 427 g/mol. The predicted octanol–water partition coefficient (Wildman–Crippen LogP) is 5.27. The van der Waals surface area contributed by atoms with Gasteiger partial charge in [-0.3, -0.25) is 4.52 Å². The lowest BCUT2D eigenvalue weighted by molar-refractivity contribution is 0.192. The van der Waals surface area contributed by atoms with Crippen LogP contribution in [0.25, 0.3) is 21.0 Å². The first-order chi connectivity index (χ1) is 13.9. The smallest absolute Gasteiger partial charge is 0.330 e. The Kier molecular flexibility index (Phi) is 8.10. The minimum atomic E-state index is -4.41. The third-order valence-electron chi connectivity index (χ3n) is 4.81. The number of nitrogens with two attached hydrogens (primary N) is 1. The summed E-state index contributed by atoms with van der Waals surface area (Å²) in [4.78, 5) is 22.3. The van der Waals surface area contributed by atoms with Crippen LogP contribution < -0.4 is 5.73 Å². The maximum Gasteiger partial charge on any atom is 0.469 e. The molecule has 0 aliphatic heterocycles. The molecule has 0 fully saturated rings. The summed E-state index contributed by atoms with van der Waals surface area (Å²) >= 11 is 3.58. The molecular formula is C20H27N2O4PS2. The summed E-state index contributed by atoms with van der Waals surface area (Å²) < 4.78 is 17.7. The van der Waals surface area contributed by atoms with E-state index in [-0.39, 0.29) is 12.5 Å². The Labute approximate surface area is 179 Å². The summed E-state index contributed by atoms with van der Waals surface area (Å²) in [5.74, 6) is 1.22. The maximum absolute atomic E-state index is 10.8. The second-order valence-corrected chi connectivity index (χ2v) is 10.6. The van der Waals surface area contributed by atoms with Crippen LogP contribution >= 0.6 is 30.9 Å². The fraction of sp³-hybridized carbons (Fsp3) is 0.450. The second kappa shape index (κ2) is 10.4. The normalized spacial score (nSPS) is 13.4. The van der Waals surface area contributed by atoms with E-state index < -0.39 is 7.82 Å². The van der Waals surface area contributed by atoms with E-state index in [1.165, 1.54) is 22.9 Å². The van der Waals surface area contributed by atoms with Gasteiger partial charge in [-0.2, -0.15) is 0 Å². The number of rotatable bonds is 11. The quantitative estimate of drug-likeness (QED) is 0.206. The first-order valence-corrected chi connectivity index (χ1v) is 13.1. The number of hydrogen-bond acceptors (Lipinski definition) is 6. The van der Waals surface area contributed by atoms with Crippen LogP contribution in [0.2, 0.25) is 0 Å². The standard InChI is InChI=1S/C20H27N2O4PS2/c1-2-3-11-28-20-22-18-9-7-15-12-14(6-8-17(15)19(18)29-20)16(13-21)5-4-10-26-27(23,24)25/h6-9,12,16H,2-5,10-11,13,21H2,1H3,(H2,23,24,25)/t16-/m0/s1. The summed E-state index contributed by atoms with van der Waals surface area (Å²) in [5, 5.41) is 2.36. The maximum atomic E-state index is 10.8. The van der Waals surface area contributed by atoms with Crippen LogP contribution in [-0.4, -0.2) is 33.7 Å². The van der Waals surface area contributed by atoms with Gasteiger partial charge < -0.3 is 15.5 Å². The topological polar surface area (TPSA) is 106 Å². The van der Waals surface area contributed by atoms with Crippen molar-refractivity contribution in [3.8, 4) is 0 Å². The molecule has 4 N–H and O–H groups in total. The van der Waals surface area contributed by atoms with Gasteiger partial charge in [0.05, 0.1) is 16.8 Å². The first-order valence-electron chi connectivity index (χ1n) is 9.77. The second-order valence-electron chi connectivity index (χ2n) is 6.97. The Balaban J connectivity index is 1.76. The molecule has 1 atom stereocenters. The number of hydrogen-bond donors (Lipinski definition) is 3. The molecule has 0 radical (unpaired) electrons. The number of unbranched alkanes of at least 4 members (excludes halogenated alkanes) is 1. The first kappa shape index (κ1) is 22.7. The molecule has 6 nitrogen and oxygen atoms in total. The van der Waals surface area contributed by atoms with Gasteiger partial charge in [0, 0.05) is 11.1 Å². The minimum absolute atomic E-state index is 0.0221. The lowest BCUT2D eigenvalue weighted by atomic mass is 9.92. The summed E-state index contributed by atoms with van der Waals surface area (Å²) in [6.45, 7) is 2.69. The van der Waals surface area contributed by atoms with E-state index >= 15 is 0 Å². The van der Waals surface area contributed by atoms with Crippen molar-refractivity contribution >= 4 is 51.9 Å². The molecule has 29 heavy (non-hydrogen) atoms. The van der Waals surface area contributed by atoms with E-state index in [1.54, 1.807) is 11.3 Å². The zero-order chi connectivity index (χ0) is 20.9. The number of thiazole rings is 1. The molecule has 1 heterocycles. The fourth-order valence-corrected chi connectivity index (χ4v) is 5.97. The Morgan fingerprint density at radius 2 is 2.10 bits per heavy atom. The van der Waals surface area contributed by atoms with Gasteiger partial charge in [-0.05, 0) is 48.7 Å². The highest BCUT2D eigenvalue weighted by Gasteiger charge is 2.16. The zero-order valence-corrected chi connectivity index (χ0v) is 18.9. The molecule has 158 valence electrons. The highest BCUT2D eigenvalue weighted by atomic mass is 32.2. The van der Waals surface area contributed by atoms with Gasteiger partial charge in [-0.1, -0.05) is 49.4 Å². The molecule has 2 aromatic carbocycles. The molecule has 3 rings (SSSR count). The average Bonchev–Trinajstić information content (AvgIpc) is 3.10. The van der Waals surface area contributed by atoms with Gasteiger partial charge >= 0.3 is 7.82 Å². The highest BCUT2D eigenvalue weighted by molar-refractivity contribution is 8.01. The number of thioether (sulfide) groups is 1. The van der Waals surface area contributed by atoms with Crippen molar-refractivity contribution in [2.45, 2.75) is 42.9 Å². The van der Waals surface area contributed by atoms with E-state index in [1.807, 2.05) is 11.8 Å². The van der Waals surface area contributed by atoms with Crippen molar-refractivity contribution in [3.05, 3.63) is 35.9 Å². The Morgan fingerprint density at radius 3 is 2.83 bits per heavy atom. The van der Waals surface area contributed by atoms with Crippen molar-refractivity contribution in [1.29, 1.82) is 0 Å². The SMILES string of the molecule is CCCCSc1nc2ccc3cc([C@H](CN)CCCOP(=O)(O)O)ccc3c2s1. The molecule has 0 bridgehead atoms. The Hall–Kier alpha value is -0.990. The van der Waals surface area contributed by atoms with Crippen LogP contribution in [0.3, 0.4) is 0 Å². The number of benzene rings is 2. The van der Waals surface area contributed by atoms with Crippen LogP contribution in [0.4, 0.5) is 0 Å². The van der Waals surface area contributed by atoms with Crippen LogP contribution in [0.5, 0.6) is 0 Å². The van der Waals surface area contributed by atoms with Gasteiger partial charge in [-0.15, -0.1) is 11.3 Å². The fourth-order valence-electron chi connectivity index (χ4n) is 3.27. The molecule has 0 unspecified atom stereocenters. The van der Waals surface area contributed by atoms with Crippen molar-refractivity contribution in [2.24, 2.45) is 5.73 Å². The van der Waals surface area contributed by atoms with Crippen molar-refractivity contribution in [3.63, 3.8) is 0 Å². The van der Waals surface area contributed by atoms with Crippen molar-refractivity contribution in [1.82, 2.24) is 4.98 Å². The van der Waals surface area contributed by atoms with Crippen molar-refractivity contribution in [2.75, 3.05) is 18.9 Å².